The summed E-state index contributed by atoms with van der Waals surface area (Å²) in [5, 5.41) is 12.9. The van der Waals surface area contributed by atoms with E-state index >= 15 is 0 Å². The first kappa shape index (κ1) is 15.7. The lowest BCUT2D eigenvalue weighted by molar-refractivity contribution is 0.132. The molecule has 0 saturated carbocycles. The first-order valence-electron chi connectivity index (χ1n) is 6.70. The number of hydrogen-bond donors (Lipinski definition) is 2. The highest BCUT2D eigenvalue weighted by Crippen LogP contribution is 2.20. The largest absolute Gasteiger partial charge is 0.391 e. The molecule has 0 aromatic carbocycles. The Morgan fingerprint density at radius 1 is 1.42 bits per heavy atom. The molecule has 0 aliphatic carbocycles. The van der Waals surface area contributed by atoms with Crippen LogP contribution in [0.1, 0.15) is 47.1 Å². The van der Waals surface area contributed by atoms with E-state index < -0.39 is 6.10 Å². The Bertz CT molecular complexity index is 460. The van der Waals surface area contributed by atoms with Gasteiger partial charge in [0.25, 0.3) is 5.56 Å². The summed E-state index contributed by atoms with van der Waals surface area (Å²) in [7, 11) is 0. The molecular weight excluding hydrogens is 242 g/mol. The molecule has 0 amide bonds. The maximum atomic E-state index is 12.1. The zero-order valence-corrected chi connectivity index (χ0v) is 12.5. The number of aliphatic hydroxyl groups is 1. The van der Waals surface area contributed by atoms with Crippen molar-refractivity contribution in [3.8, 4) is 0 Å². The van der Waals surface area contributed by atoms with E-state index in [1.165, 1.54) is 0 Å². The number of anilines is 1. The van der Waals surface area contributed by atoms with Crippen molar-refractivity contribution in [3.05, 3.63) is 22.7 Å². The lowest BCUT2D eigenvalue weighted by Gasteiger charge is -2.22. The predicted octanol–water partition coefficient (Wildman–Crippen LogP) is 2.03. The fourth-order valence-corrected chi connectivity index (χ4v) is 1.95. The van der Waals surface area contributed by atoms with E-state index in [1.54, 1.807) is 17.0 Å². The molecule has 1 rings (SSSR count). The van der Waals surface area contributed by atoms with Crippen molar-refractivity contribution in [1.29, 1.82) is 0 Å². The van der Waals surface area contributed by atoms with Gasteiger partial charge in [-0.1, -0.05) is 20.8 Å². The molecule has 0 spiro atoms. The molecule has 0 bridgehead atoms. The molecule has 108 valence electrons. The van der Waals surface area contributed by atoms with Gasteiger partial charge in [0.1, 0.15) is 0 Å². The van der Waals surface area contributed by atoms with Crippen LogP contribution in [0.4, 0.5) is 5.82 Å². The predicted molar refractivity (Wildman–Crippen MR) is 77.5 cm³/mol. The third-order valence-corrected chi connectivity index (χ3v) is 2.78. The molecule has 1 unspecified atom stereocenters. The lowest BCUT2D eigenvalue weighted by atomic mass is 9.89. The molecule has 1 heterocycles. The maximum absolute atomic E-state index is 12.1. The van der Waals surface area contributed by atoms with Gasteiger partial charge >= 0.3 is 0 Å². The summed E-state index contributed by atoms with van der Waals surface area (Å²) in [5.41, 5.74) is -0.0935. The van der Waals surface area contributed by atoms with Gasteiger partial charge in [-0.3, -0.25) is 4.79 Å². The monoisotopic (exact) mass is 267 g/mol. The van der Waals surface area contributed by atoms with E-state index in [0.29, 0.717) is 18.8 Å². The van der Waals surface area contributed by atoms with Crippen LogP contribution >= 0.6 is 0 Å². The molecule has 5 nitrogen and oxygen atoms in total. The highest BCUT2D eigenvalue weighted by Gasteiger charge is 2.17. The van der Waals surface area contributed by atoms with Crippen molar-refractivity contribution in [2.45, 2.75) is 53.2 Å². The summed E-state index contributed by atoms with van der Waals surface area (Å²) in [6.45, 7) is 10.4. The van der Waals surface area contributed by atoms with E-state index in [9.17, 15) is 9.90 Å². The summed E-state index contributed by atoms with van der Waals surface area (Å²) in [6, 6.07) is 0.0931. The van der Waals surface area contributed by atoms with Gasteiger partial charge in [0.15, 0.2) is 5.82 Å². The van der Waals surface area contributed by atoms with Crippen molar-refractivity contribution in [2.24, 2.45) is 5.41 Å². The van der Waals surface area contributed by atoms with Gasteiger partial charge in [-0.25, -0.2) is 4.98 Å². The first-order valence-corrected chi connectivity index (χ1v) is 6.70. The van der Waals surface area contributed by atoms with Gasteiger partial charge < -0.3 is 15.0 Å². The second kappa shape index (κ2) is 6.19. The number of rotatable bonds is 5. The number of hydrogen-bond acceptors (Lipinski definition) is 4. The maximum Gasteiger partial charge on any atom is 0.293 e. The first-order chi connectivity index (χ1) is 8.70. The molecule has 0 aliphatic heterocycles. The molecule has 1 aromatic heterocycles. The molecule has 1 atom stereocenters. The Kier molecular flexibility index (Phi) is 5.11. The minimum absolute atomic E-state index is 0.0589. The fraction of sp³-hybridized carbons (Fsp3) is 0.714. The quantitative estimate of drug-likeness (QED) is 0.856. The average Bonchev–Trinajstić information content (AvgIpc) is 2.24. The fourth-order valence-electron chi connectivity index (χ4n) is 1.95. The molecule has 0 radical (unpaired) electrons. The lowest BCUT2D eigenvalue weighted by Crippen LogP contribution is -2.30. The molecule has 5 heteroatoms. The highest BCUT2D eigenvalue weighted by molar-refractivity contribution is 5.31. The Morgan fingerprint density at radius 2 is 2.05 bits per heavy atom. The smallest absolute Gasteiger partial charge is 0.293 e. The standard InChI is InChI=1S/C14H25N3O2/c1-10(2)17-7-6-15-12(13(17)19)16-9-11(18)8-14(3,4)5/h6-7,10-11,18H,8-9H2,1-5H3,(H,15,16). The normalized spacial score (nSPS) is 13.6. The van der Waals surface area contributed by atoms with E-state index in [2.05, 4.69) is 31.1 Å². The second-order valence-electron chi connectivity index (χ2n) is 6.38. The molecule has 1 aromatic rings. The third-order valence-electron chi connectivity index (χ3n) is 2.78. The zero-order valence-electron chi connectivity index (χ0n) is 12.5. The van der Waals surface area contributed by atoms with Gasteiger partial charge in [-0.05, 0) is 25.7 Å². The number of aromatic nitrogens is 2. The number of aliphatic hydroxyl groups excluding tert-OH is 1. The topological polar surface area (TPSA) is 67.2 Å². The Morgan fingerprint density at radius 3 is 2.58 bits per heavy atom. The summed E-state index contributed by atoms with van der Waals surface area (Å²) in [6.07, 6.45) is 3.45. The summed E-state index contributed by atoms with van der Waals surface area (Å²) >= 11 is 0. The van der Waals surface area contributed by atoms with Gasteiger partial charge in [0, 0.05) is 25.0 Å². The Balaban J connectivity index is 2.69. The Labute approximate surface area is 114 Å². The van der Waals surface area contributed by atoms with Crippen molar-refractivity contribution in [1.82, 2.24) is 9.55 Å². The zero-order chi connectivity index (χ0) is 14.6. The highest BCUT2D eigenvalue weighted by atomic mass is 16.3. The van der Waals surface area contributed by atoms with Crippen LogP contribution in [0.3, 0.4) is 0 Å². The van der Waals surface area contributed by atoms with Crippen LogP contribution in [0.25, 0.3) is 0 Å². The molecule has 0 fully saturated rings. The Hall–Kier alpha value is -1.36. The number of nitrogens with one attached hydrogen (secondary N) is 1. The van der Waals surface area contributed by atoms with Gasteiger partial charge in [-0.2, -0.15) is 0 Å². The molecule has 0 saturated heterocycles. The average molecular weight is 267 g/mol. The minimum Gasteiger partial charge on any atom is -0.391 e. The van der Waals surface area contributed by atoms with Crippen molar-refractivity contribution in [2.75, 3.05) is 11.9 Å². The second-order valence-corrected chi connectivity index (χ2v) is 6.38. The van der Waals surface area contributed by atoms with Crippen LogP contribution in [0.5, 0.6) is 0 Å². The molecule has 19 heavy (non-hydrogen) atoms. The number of nitrogens with zero attached hydrogens (tertiary/aromatic N) is 2. The van der Waals surface area contributed by atoms with Crippen LogP contribution in [0, 0.1) is 5.41 Å². The van der Waals surface area contributed by atoms with Gasteiger partial charge in [0.05, 0.1) is 6.10 Å². The minimum atomic E-state index is -0.492. The van der Waals surface area contributed by atoms with Crippen molar-refractivity contribution < 1.29 is 5.11 Å². The third kappa shape index (κ3) is 5.03. The van der Waals surface area contributed by atoms with Crippen LogP contribution in [0.2, 0.25) is 0 Å². The van der Waals surface area contributed by atoms with Crippen LogP contribution in [-0.2, 0) is 0 Å². The van der Waals surface area contributed by atoms with Crippen molar-refractivity contribution in [3.63, 3.8) is 0 Å². The van der Waals surface area contributed by atoms with Crippen LogP contribution in [-0.4, -0.2) is 27.3 Å². The summed E-state index contributed by atoms with van der Waals surface area (Å²) in [5.74, 6) is 0.296. The SMILES string of the molecule is CC(C)n1ccnc(NCC(O)CC(C)(C)C)c1=O. The molecular formula is C14H25N3O2. The molecule has 0 aliphatic rings. The van der Waals surface area contributed by atoms with Gasteiger partial charge in [0.2, 0.25) is 0 Å². The van der Waals surface area contributed by atoms with Crippen LogP contribution < -0.4 is 10.9 Å². The van der Waals surface area contributed by atoms with Crippen molar-refractivity contribution >= 4 is 5.82 Å². The summed E-state index contributed by atoms with van der Waals surface area (Å²) in [4.78, 5) is 16.1. The van der Waals surface area contributed by atoms with Crippen LogP contribution in [0.15, 0.2) is 17.2 Å². The van der Waals surface area contributed by atoms with E-state index in [0.717, 1.165) is 0 Å². The van der Waals surface area contributed by atoms with E-state index in [4.69, 9.17) is 0 Å². The molecule has 2 N–H and O–H groups in total. The summed E-state index contributed by atoms with van der Waals surface area (Å²) < 4.78 is 1.62. The van der Waals surface area contributed by atoms with E-state index in [1.807, 2.05) is 13.8 Å². The van der Waals surface area contributed by atoms with E-state index in [-0.39, 0.29) is 17.0 Å². The van der Waals surface area contributed by atoms with Gasteiger partial charge in [-0.15, -0.1) is 0 Å².